The van der Waals surface area contributed by atoms with Crippen LogP contribution in [0.3, 0.4) is 0 Å². The lowest BCUT2D eigenvalue weighted by Gasteiger charge is -2.36. The summed E-state index contributed by atoms with van der Waals surface area (Å²) in [7, 11) is 0. The van der Waals surface area contributed by atoms with Gasteiger partial charge < -0.3 is 10.6 Å². The van der Waals surface area contributed by atoms with E-state index >= 15 is 0 Å². The summed E-state index contributed by atoms with van der Waals surface area (Å²) in [6, 6.07) is 10.4. The Balaban J connectivity index is 0.921. The van der Waals surface area contributed by atoms with Crippen molar-refractivity contribution in [3.8, 4) is 0 Å². The Bertz CT molecular complexity index is 1560. The molecule has 3 aliphatic rings. The Kier molecular flexibility index (Phi) is 6.42. The number of nitrogens with zero attached hydrogens (tertiary/aromatic N) is 6. The molecule has 0 spiro atoms. The van der Waals surface area contributed by atoms with Gasteiger partial charge >= 0.3 is 6.03 Å². The molecule has 10 heteroatoms. The van der Waals surface area contributed by atoms with Crippen LogP contribution in [-0.2, 0) is 4.79 Å². The standard InChI is InChI=1S/C30H36N8O2/c31-24-3-6-26-23(15-24)19-38(34-26)25-4-1-20(2-5-25)18-35-11-7-21(8-12-35)22-9-13-36-27(16-22)32-17-29(36)37-14-10-28(39)33-30(37)40/h3,6,9,13,15-17,19-21,25H,1-2,4-5,7-8,10-12,14,18,31H2,(H,33,39,40). The summed E-state index contributed by atoms with van der Waals surface area (Å²) in [5, 5.41) is 8.34. The van der Waals surface area contributed by atoms with Crippen LogP contribution in [0.5, 0.6) is 0 Å². The van der Waals surface area contributed by atoms with E-state index in [0.29, 0.717) is 30.7 Å². The highest BCUT2D eigenvalue weighted by molar-refractivity contribution is 6.05. The van der Waals surface area contributed by atoms with Crippen molar-refractivity contribution in [2.75, 3.05) is 36.8 Å². The highest BCUT2D eigenvalue weighted by atomic mass is 16.2. The normalized spacial score (nSPS) is 23.2. The molecule has 2 saturated heterocycles. The lowest BCUT2D eigenvalue weighted by molar-refractivity contribution is -0.120. The summed E-state index contributed by atoms with van der Waals surface area (Å²) in [4.78, 5) is 32.6. The predicted molar refractivity (Wildman–Crippen MR) is 154 cm³/mol. The second-order valence-electron chi connectivity index (χ2n) is 11.7. The highest BCUT2D eigenvalue weighted by Crippen LogP contribution is 2.35. The number of benzene rings is 1. The number of nitrogens with two attached hydrogens (primary N) is 1. The second kappa shape index (κ2) is 10.2. The molecule has 0 radical (unpaired) electrons. The van der Waals surface area contributed by atoms with Gasteiger partial charge in [0.15, 0.2) is 0 Å². The van der Waals surface area contributed by atoms with E-state index < -0.39 is 0 Å². The fourth-order valence-electron chi connectivity index (χ4n) is 6.88. The maximum atomic E-state index is 12.3. The van der Waals surface area contributed by atoms with E-state index in [-0.39, 0.29) is 11.9 Å². The molecular formula is C30H36N8O2. The summed E-state index contributed by atoms with van der Waals surface area (Å²) >= 11 is 0. The van der Waals surface area contributed by atoms with Gasteiger partial charge in [0.05, 0.1) is 17.8 Å². The van der Waals surface area contributed by atoms with Gasteiger partial charge in [0.1, 0.15) is 11.5 Å². The average Bonchev–Trinajstić information content (AvgIpc) is 3.58. The minimum absolute atomic E-state index is 0.231. The molecule has 7 rings (SSSR count). The zero-order valence-corrected chi connectivity index (χ0v) is 22.7. The first-order chi connectivity index (χ1) is 19.5. The third kappa shape index (κ3) is 4.81. The number of imide groups is 1. The van der Waals surface area contributed by atoms with Gasteiger partial charge in [-0.15, -0.1) is 0 Å². The van der Waals surface area contributed by atoms with E-state index in [1.165, 1.54) is 37.8 Å². The largest absolute Gasteiger partial charge is 0.399 e. The highest BCUT2D eigenvalue weighted by Gasteiger charge is 2.29. The quantitative estimate of drug-likeness (QED) is 0.365. The number of fused-ring (bicyclic) bond motifs is 2. The first kappa shape index (κ1) is 25.1. The van der Waals surface area contributed by atoms with Crippen molar-refractivity contribution in [2.24, 2.45) is 5.92 Å². The molecule has 3 fully saturated rings. The van der Waals surface area contributed by atoms with Crippen molar-refractivity contribution in [1.29, 1.82) is 0 Å². The maximum absolute atomic E-state index is 12.3. The Labute approximate surface area is 233 Å². The molecule has 40 heavy (non-hydrogen) atoms. The zero-order valence-electron chi connectivity index (χ0n) is 22.7. The Morgan fingerprint density at radius 2 is 1.80 bits per heavy atom. The van der Waals surface area contributed by atoms with Crippen LogP contribution < -0.4 is 16.0 Å². The van der Waals surface area contributed by atoms with Crippen molar-refractivity contribution < 1.29 is 9.59 Å². The minimum atomic E-state index is -0.386. The first-order valence-corrected chi connectivity index (χ1v) is 14.6. The number of piperidine rings is 1. The van der Waals surface area contributed by atoms with E-state index in [9.17, 15) is 9.59 Å². The number of aromatic nitrogens is 4. The molecule has 0 atom stereocenters. The Hall–Kier alpha value is -3.92. The van der Waals surface area contributed by atoms with Gasteiger partial charge in [-0.25, -0.2) is 9.78 Å². The summed E-state index contributed by atoms with van der Waals surface area (Å²) in [6.07, 6.45) is 13.4. The van der Waals surface area contributed by atoms with E-state index in [2.05, 4.69) is 38.2 Å². The molecule has 5 heterocycles. The van der Waals surface area contributed by atoms with Crippen LogP contribution in [0, 0.1) is 5.92 Å². The number of nitrogen functional groups attached to an aromatic ring is 1. The van der Waals surface area contributed by atoms with Crippen LogP contribution in [0.2, 0.25) is 0 Å². The van der Waals surface area contributed by atoms with Crippen molar-refractivity contribution in [2.45, 2.75) is 56.9 Å². The molecule has 1 saturated carbocycles. The predicted octanol–water partition coefficient (Wildman–Crippen LogP) is 4.32. The molecule has 3 amide bonds. The summed E-state index contributed by atoms with van der Waals surface area (Å²) in [6.45, 7) is 3.82. The molecule has 2 aliphatic heterocycles. The Morgan fingerprint density at radius 3 is 2.60 bits per heavy atom. The summed E-state index contributed by atoms with van der Waals surface area (Å²) in [5.74, 6) is 1.75. The molecule has 3 N–H and O–H groups in total. The smallest absolute Gasteiger partial charge is 0.329 e. The molecule has 4 aromatic rings. The van der Waals surface area contributed by atoms with Crippen LogP contribution in [-0.4, -0.2) is 62.2 Å². The van der Waals surface area contributed by atoms with E-state index in [4.69, 9.17) is 10.8 Å². The van der Waals surface area contributed by atoms with Gasteiger partial charge in [0, 0.05) is 43.0 Å². The van der Waals surface area contributed by atoms with Crippen LogP contribution >= 0.6 is 0 Å². The van der Waals surface area contributed by atoms with Crippen LogP contribution in [0.4, 0.5) is 16.3 Å². The van der Waals surface area contributed by atoms with E-state index in [0.717, 1.165) is 54.1 Å². The van der Waals surface area contributed by atoms with Gasteiger partial charge in [-0.05, 0) is 99.3 Å². The van der Waals surface area contributed by atoms with Crippen molar-refractivity contribution in [3.63, 3.8) is 0 Å². The molecule has 1 aliphatic carbocycles. The van der Waals surface area contributed by atoms with Crippen LogP contribution in [0.1, 0.15) is 62.5 Å². The summed E-state index contributed by atoms with van der Waals surface area (Å²) < 4.78 is 4.11. The van der Waals surface area contributed by atoms with Gasteiger partial charge in [-0.2, -0.15) is 5.10 Å². The molecule has 3 aromatic heterocycles. The second-order valence-corrected chi connectivity index (χ2v) is 11.7. The molecular weight excluding hydrogens is 504 g/mol. The number of pyridine rings is 1. The number of nitrogens with one attached hydrogen (secondary N) is 1. The van der Waals surface area contributed by atoms with Crippen molar-refractivity contribution in [1.82, 2.24) is 29.4 Å². The number of carbonyl (C=O) groups is 2. The SMILES string of the molecule is Nc1ccc2nn(C3CCC(CN4CCC(c5ccn6c(N7CCC(=O)NC7=O)cnc6c5)CC4)CC3)cc2c1. The first-order valence-electron chi connectivity index (χ1n) is 14.6. The molecule has 0 unspecified atom stereocenters. The van der Waals surface area contributed by atoms with Gasteiger partial charge in [0.2, 0.25) is 5.91 Å². The maximum Gasteiger partial charge on any atom is 0.329 e. The van der Waals surface area contributed by atoms with Gasteiger partial charge in [-0.3, -0.25) is 24.1 Å². The minimum Gasteiger partial charge on any atom is -0.399 e. The zero-order chi connectivity index (χ0) is 27.2. The number of urea groups is 1. The van der Waals surface area contributed by atoms with Crippen molar-refractivity contribution >= 4 is 40.0 Å². The number of anilines is 2. The molecule has 10 nitrogen and oxygen atoms in total. The Morgan fingerprint density at radius 1 is 0.975 bits per heavy atom. The average molecular weight is 541 g/mol. The lowest BCUT2D eigenvalue weighted by Crippen LogP contribution is -2.50. The number of rotatable bonds is 5. The van der Waals surface area contributed by atoms with Crippen LogP contribution in [0.15, 0.2) is 48.9 Å². The monoisotopic (exact) mass is 540 g/mol. The molecule has 1 aromatic carbocycles. The number of likely N-dealkylation sites (tertiary alicyclic amines) is 1. The van der Waals surface area contributed by atoms with E-state index in [1.54, 1.807) is 11.1 Å². The number of hydrogen-bond donors (Lipinski definition) is 2. The number of hydrogen-bond acceptors (Lipinski definition) is 6. The number of amides is 3. The number of carbonyl (C=O) groups excluding carboxylic acids is 2. The fraction of sp³-hybridized carbons (Fsp3) is 0.467. The third-order valence-electron chi connectivity index (χ3n) is 9.16. The fourth-order valence-corrected chi connectivity index (χ4v) is 6.88. The van der Waals surface area contributed by atoms with Crippen LogP contribution in [0.25, 0.3) is 16.6 Å². The topological polar surface area (TPSA) is 114 Å². The molecule has 0 bridgehead atoms. The van der Waals surface area contributed by atoms with Gasteiger partial charge in [0.25, 0.3) is 0 Å². The molecule has 208 valence electrons. The van der Waals surface area contributed by atoms with Crippen molar-refractivity contribution in [3.05, 3.63) is 54.5 Å². The summed E-state index contributed by atoms with van der Waals surface area (Å²) in [5.41, 5.74) is 9.92. The van der Waals surface area contributed by atoms with Gasteiger partial charge in [-0.1, -0.05) is 0 Å². The third-order valence-corrected chi connectivity index (χ3v) is 9.16. The number of imidazole rings is 1. The van der Waals surface area contributed by atoms with E-state index in [1.807, 2.05) is 28.8 Å². The lowest BCUT2D eigenvalue weighted by atomic mass is 9.84.